The molecule has 2 heterocycles. The van der Waals surface area contributed by atoms with Crippen LogP contribution in [0.5, 0.6) is 0 Å². The standard InChI is InChI=1S/C10H12N2/c11-7-1-3-9-5-6-10-4-2-8-12(9)10/h5-6H,1-4,8H2. The van der Waals surface area contributed by atoms with Crippen molar-refractivity contribution in [1.29, 1.82) is 5.26 Å². The van der Waals surface area contributed by atoms with Gasteiger partial charge in [-0.3, -0.25) is 0 Å². The maximum atomic E-state index is 8.45. The molecule has 1 aromatic rings. The molecule has 2 rings (SSSR count). The molecule has 1 aromatic heterocycles. The largest absolute Gasteiger partial charge is 0.349 e. The minimum absolute atomic E-state index is 0.642. The molecule has 0 spiro atoms. The van der Waals surface area contributed by atoms with Crippen LogP contribution in [-0.4, -0.2) is 4.57 Å². The van der Waals surface area contributed by atoms with Crippen molar-refractivity contribution < 1.29 is 0 Å². The van der Waals surface area contributed by atoms with Crippen molar-refractivity contribution >= 4 is 0 Å². The number of nitriles is 1. The highest BCUT2D eigenvalue weighted by atomic mass is 15.0. The molecule has 0 radical (unpaired) electrons. The number of hydrogen-bond acceptors (Lipinski definition) is 1. The Bertz CT molecular complexity index is 317. The van der Waals surface area contributed by atoms with E-state index in [-0.39, 0.29) is 0 Å². The fraction of sp³-hybridized carbons (Fsp3) is 0.500. The lowest BCUT2D eigenvalue weighted by Crippen LogP contribution is -1.98. The summed E-state index contributed by atoms with van der Waals surface area (Å²) in [5.41, 5.74) is 2.78. The minimum atomic E-state index is 0.642. The van der Waals surface area contributed by atoms with Crippen LogP contribution in [0, 0.1) is 11.3 Å². The van der Waals surface area contributed by atoms with Gasteiger partial charge in [0.1, 0.15) is 0 Å². The maximum absolute atomic E-state index is 8.45. The van der Waals surface area contributed by atoms with Crippen LogP contribution < -0.4 is 0 Å². The molecule has 1 aliphatic heterocycles. The highest BCUT2D eigenvalue weighted by molar-refractivity contribution is 5.19. The highest BCUT2D eigenvalue weighted by Crippen LogP contribution is 2.19. The summed E-state index contributed by atoms with van der Waals surface area (Å²) < 4.78 is 2.36. The second kappa shape index (κ2) is 3.02. The van der Waals surface area contributed by atoms with Gasteiger partial charge >= 0.3 is 0 Å². The summed E-state index contributed by atoms with van der Waals surface area (Å²) in [6.45, 7) is 1.16. The first-order valence-electron chi connectivity index (χ1n) is 4.46. The SMILES string of the molecule is N#CCCc1ccc2n1CCC2. The molecule has 0 bridgehead atoms. The second-order valence-corrected chi connectivity index (χ2v) is 3.23. The Kier molecular flexibility index (Phi) is 1.87. The van der Waals surface area contributed by atoms with E-state index in [9.17, 15) is 0 Å². The molecule has 0 N–H and O–H groups in total. The molecule has 0 aromatic carbocycles. The van der Waals surface area contributed by atoms with Gasteiger partial charge in [0.25, 0.3) is 0 Å². The lowest BCUT2D eigenvalue weighted by Gasteiger charge is -2.02. The molecule has 0 aliphatic carbocycles. The zero-order valence-corrected chi connectivity index (χ0v) is 7.08. The maximum Gasteiger partial charge on any atom is 0.0625 e. The minimum Gasteiger partial charge on any atom is -0.349 e. The van der Waals surface area contributed by atoms with Gasteiger partial charge in [-0.2, -0.15) is 5.26 Å². The van der Waals surface area contributed by atoms with E-state index in [1.807, 2.05) is 0 Å². The third kappa shape index (κ3) is 1.12. The Morgan fingerprint density at radius 2 is 2.42 bits per heavy atom. The molecular weight excluding hydrogens is 148 g/mol. The lowest BCUT2D eigenvalue weighted by atomic mass is 10.2. The summed E-state index contributed by atoms with van der Waals surface area (Å²) in [6.07, 6.45) is 4.04. The number of rotatable bonds is 2. The van der Waals surface area contributed by atoms with Crippen LogP contribution in [0.2, 0.25) is 0 Å². The number of hydrogen-bond donors (Lipinski definition) is 0. The molecule has 0 fully saturated rings. The summed E-state index contributed by atoms with van der Waals surface area (Å²) in [7, 11) is 0. The van der Waals surface area contributed by atoms with E-state index in [0.717, 1.165) is 13.0 Å². The van der Waals surface area contributed by atoms with Gasteiger partial charge < -0.3 is 4.57 Å². The molecule has 0 atom stereocenters. The van der Waals surface area contributed by atoms with Crippen LogP contribution in [0.4, 0.5) is 0 Å². The van der Waals surface area contributed by atoms with Crippen LogP contribution in [0.15, 0.2) is 12.1 Å². The van der Waals surface area contributed by atoms with Crippen LogP contribution in [0.25, 0.3) is 0 Å². The van der Waals surface area contributed by atoms with Crippen LogP contribution in [0.1, 0.15) is 24.2 Å². The second-order valence-electron chi connectivity index (χ2n) is 3.23. The summed E-state index contributed by atoms with van der Waals surface area (Å²) in [5, 5.41) is 8.45. The van der Waals surface area contributed by atoms with E-state index in [4.69, 9.17) is 5.26 Å². The first-order valence-corrected chi connectivity index (χ1v) is 4.46. The van der Waals surface area contributed by atoms with Gasteiger partial charge in [0.15, 0.2) is 0 Å². The van der Waals surface area contributed by atoms with Crippen molar-refractivity contribution in [3.05, 3.63) is 23.5 Å². The quantitative estimate of drug-likeness (QED) is 0.649. The third-order valence-electron chi connectivity index (χ3n) is 2.47. The topological polar surface area (TPSA) is 28.7 Å². The molecule has 62 valence electrons. The van der Waals surface area contributed by atoms with Crippen molar-refractivity contribution in [3.63, 3.8) is 0 Å². The Morgan fingerprint density at radius 1 is 1.50 bits per heavy atom. The molecule has 2 nitrogen and oxygen atoms in total. The van der Waals surface area contributed by atoms with Crippen LogP contribution in [-0.2, 0) is 19.4 Å². The van der Waals surface area contributed by atoms with Crippen molar-refractivity contribution in [3.8, 4) is 6.07 Å². The molecule has 2 heteroatoms. The summed E-state index contributed by atoms with van der Waals surface area (Å²) >= 11 is 0. The third-order valence-corrected chi connectivity index (χ3v) is 2.47. The van der Waals surface area contributed by atoms with Gasteiger partial charge in [0.2, 0.25) is 0 Å². The first-order chi connectivity index (χ1) is 5.92. The average Bonchev–Trinajstić information content (AvgIpc) is 2.62. The fourth-order valence-corrected chi connectivity index (χ4v) is 1.88. The van der Waals surface area contributed by atoms with Gasteiger partial charge in [-0.15, -0.1) is 0 Å². The number of aromatic nitrogens is 1. The van der Waals surface area contributed by atoms with E-state index < -0.39 is 0 Å². The van der Waals surface area contributed by atoms with Gasteiger partial charge in [-0.05, 0) is 25.0 Å². The van der Waals surface area contributed by atoms with E-state index >= 15 is 0 Å². The van der Waals surface area contributed by atoms with Crippen LogP contribution in [0.3, 0.4) is 0 Å². The van der Waals surface area contributed by atoms with Crippen LogP contribution >= 0.6 is 0 Å². The van der Waals surface area contributed by atoms with E-state index in [0.29, 0.717) is 6.42 Å². The lowest BCUT2D eigenvalue weighted by molar-refractivity contribution is 0.704. The zero-order chi connectivity index (χ0) is 8.39. The van der Waals surface area contributed by atoms with Gasteiger partial charge in [0, 0.05) is 30.8 Å². The Labute approximate surface area is 72.4 Å². The zero-order valence-electron chi connectivity index (χ0n) is 7.08. The number of aryl methyl sites for hydroxylation is 2. The molecule has 12 heavy (non-hydrogen) atoms. The van der Waals surface area contributed by atoms with Gasteiger partial charge in [-0.25, -0.2) is 0 Å². The first kappa shape index (κ1) is 7.42. The van der Waals surface area contributed by atoms with Crippen molar-refractivity contribution in [2.75, 3.05) is 0 Å². The van der Waals surface area contributed by atoms with Gasteiger partial charge in [-0.1, -0.05) is 0 Å². The predicted octanol–water partition coefficient (Wildman–Crippen LogP) is 1.89. The molecule has 0 saturated heterocycles. The van der Waals surface area contributed by atoms with Crippen molar-refractivity contribution in [2.24, 2.45) is 0 Å². The summed E-state index contributed by atoms with van der Waals surface area (Å²) in [5.74, 6) is 0. The molecular formula is C10H12N2. The van der Waals surface area contributed by atoms with Crippen molar-refractivity contribution in [1.82, 2.24) is 4.57 Å². The fourth-order valence-electron chi connectivity index (χ4n) is 1.88. The number of fused-ring (bicyclic) bond motifs is 1. The summed E-state index contributed by atoms with van der Waals surface area (Å²) in [4.78, 5) is 0. The Hall–Kier alpha value is -1.23. The Morgan fingerprint density at radius 3 is 3.25 bits per heavy atom. The Balaban J connectivity index is 2.17. The van der Waals surface area contributed by atoms with E-state index in [1.54, 1.807) is 0 Å². The highest BCUT2D eigenvalue weighted by Gasteiger charge is 2.12. The molecule has 0 unspecified atom stereocenters. The summed E-state index contributed by atoms with van der Waals surface area (Å²) in [6, 6.07) is 6.54. The number of nitrogens with zero attached hydrogens (tertiary/aromatic N) is 2. The monoisotopic (exact) mass is 160 g/mol. The van der Waals surface area contributed by atoms with E-state index in [1.165, 1.54) is 24.2 Å². The normalized spacial score (nSPS) is 14.2. The average molecular weight is 160 g/mol. The smallest absolute Gasteiger partial charge is 0.0625 e. The van der Waals surface area contributed by atoms with Crippen molar-refractivity contribution in [2.45, 2.75) is 32.2 Å². The molecule has 1 aliphatic rings. The molecule has 0 amide bonds. The predicted molar refractivity (Wildman–Crippen MR) is 46.7 cm³/mol. The van der Waals surface area contributed by atoms with Gasteiger partial charge in [0.05, 0.1) is 6.07 Å². The van der Waals surface area contributed by atoms with E-state index in [2.05, 4.69) is 22.8 Å². The molecule has 0 saturated carbocycles.